The summed E-state index contributed by atoms with van der Waals surface area (Å²) in [4.78, 5) is 64.7. The van der Waals surface area contributed by atoms with Crippen LogP contribution in [0.4, 0.5) is 4.79 Å². The Hall–Kier alpha value is -3.64. The van der Waals surface area contributed by atoms with Crippen LogP contribution in [0.1, 0.15) is 25.5 Å². The predicted molar refractivity (Wildman–Crippen MR) is 127 cm³/mol. The zero-order valence-electron chi connectivity index (χ0n) is 19.3. The van der Waals surface area contributed by atoms with Crippen molar-refractivity contribution in [1.82, 2.24) is 20.4 Å². The quantitative estimate of drug-likeness (QED) is 0.312. The number of benzene rings is 1. The zero-order valence-corrected chi connectivity index (χ0v) is 20.2. The first kappa shape index (κ1) is 26.0. The standard InChI is InChI=1S/C23H26N4O7S/c1-4-12(2)19(30)26(3)23(34)25-15(13-8-6-5-7-9-13)18(29)24-16-20(31)27-17(22(32)33)14(10-28)11-35-21(16)27/h4-9,15-16,21,28H,10-11H2,1-3H3,(H,24,29)(H,25,34)(H,32,33)/t15?,16?,21-/m0/s1. The molecular formula is C23H26N4O7S. The Morgan fingerprint density at radius 2 is 1.91 bits per heavy atom. The smallest absolute Gasteiger partial charge is 0.352 e. The molecule has 5 amide bonds. The SMILES string of the molecule is CC=C(C)C(=O)N(C)C(=O)NC(C(=O)NC1C(=O)N2C(C(=O)O)=C(CO)CS[C@@H]12)c1ccccc1. The van der Waals surface area contributed by atoms with Crippen molar-refractivity contribution in [2.75, 3.05) is 19.4 Å². The molecule has 0 bridgehead atoms. The van der Waals surface area contributed by atoms with Gasteiger partial charge in [-0.3, -0.25) is 24.2 Å². The summed E-state index contributed by atoms with van der Waals surface area (Å²) in [6.07, 6.45) is 1.56. The van der Waals surface area contributed by atoms with Crippen molar-refractivity contribution in [2.45, 2.75) is 31.3 Å². The summed E-state index contributed by atoms with van der Waals surface area (Å²) in [6, 6.07) is 5.27. The normalized spacial score (nSPS) is 20.4. The van der Waals surface area contributed by atoms with Gasteiger partial charge in [0, 0.05) is 18.4 Å². The molecule has 1 saturated heterocycles. The number of urea groups is 1. The Bertz CT molecular complexity index is 1120. The number of amides is 5. The maximum Gasteiger partial charge on any atom is 0.352 e. The third-order valence-electron chi connectivity index (χ3n) is 5.78. The highest BCUT2D eigenvalue weighted by atomic mass is 32.2. The first-order valence-electron chi connectivity index (χ1n) is 10.7. The maximum atomic E-state index is 13.2. The van der Waals surface area contributed by atoms with Gasteiger partial charge in [0.25, 0.3) is 11.8 Å². The van der Waals surface area contributed by atoms with E-state index in [0.29, 0.717) is 11.1 Å². The lowest BCUT2D eigenvalue weighted by Gasteiger charge is -2.49. The minimum absolute atomic E-state index is 0.189. The van der Waals surface area contributed by atoms with Gasteiger partial charge in [-0.1, -0.05) is 36.4 Å². The van der Waals surface area contributed by atoms with Crippen LogP contribution in [-0.2, 0) is 19.2 Å². The Kier molecular flexibility index (Phi) is 7.97. The van der Waals surface area contributed by atoms with Crippen molar-refractivity contribution in [3.05, 3.63) is 58.8 Å². The topological polar surface area (TPSA) is 156 Å². The molecule has 2 aliphatic rings. The molecule has 0 spiro atoms. The van der Waals surface area contributed by atoms with E-state index in [4.69, 9.17) is 0 Å². The Morgan fingerprint density at radius 1 is 1.26 bits per heavy atom. The second kappa shape index (κ2) is 10.7. The second-order valence-electron chi connectivity index (χ2n) is 7.94. The van der Waals surface area contributed by atoms with E-state index in [9.17, 15) is 34.2 Å². The molecule has 3 atom stereocenters. The predicted octanol–water partition coefficient (Wildman–Crippen LogP) is 0.593. The second-order valence-corrected chi connectivity index (χ2v) is 9.05. The van der Waals surface area contributed by atoms with Crippen molar-refractivity contribution in [2.24, 2.45) is 0 Å². The molecule has 0 radical (unpaired) electrons. The molecule has 35 heavy (non-hydrogen) atoms. The van der Waals surface area contributed by atoms with Gasteiger partial charge in [-0.05, 0) is 25.0 Å². The highest BCUT2D eigenvalue weighted by Gasteiger charge is 2.54. The van der Waals surface area contributed by atoms with Gasteiger partial charge >= 0.3 is 12.0 Å². The van der Waals surface area contributed by atoms with Gasteiger partial charge in [-0.2, -0.15) is 0 Å². The molecule has 4 N–H and O–H groups in total. The number of hydrogen-bond acceptors (Lipinski definition) is 7. The lowest BCUT2D eigenvalue weighted by Crippen LogP contribution is -2.71. The number of carbonyl (C=O) groups is 5. The van der Waals surface area contributed by atoms with Crippen LogP contribution in [0.5, 0.6) is 0 Å². The number of fused-ring (bicyclic) bond motifs is 1. The number of thioether (sulfide) groups is 1. The van der Waals surface area contributed by atoms with E-state index in [1.165, 1.54) is 18.8 Å². The summed E-state index contributed by atoms with van der Waals surface area (Å²) >= 11 is 1.22. The van der Waals surface area contributed by atoms with Crippen molar-refractivity contribution >= 4 is 41.5 Å². The number of carboxylic acids is 1. The summed E-state index contributed by atoms with van der Waals surface area (Å²) in [5, 5.41) is 23.4. The van der Waals surface area contributed by atoms with Crippen LogP contribution in [0.15, 0.2) is 53.3 Å². The van der Waals surface area contributed by atoms with Gasteiger partial charge in [0.1, 0.15) is 23.2 Å². The zero-order chi connectivity index (χ0) is 25.9. The lowest BCUT2D eigenvalue weighted by molar-refractivity contribution is -0.151. The third-order valence-corrected chi connectivity index (χ3v) is 7.12. The number of aliphatic hydroxyl groups excluding tert-OH is 1. The Labute approximate surface area is 205 Å². The number of likely N-dealkylation sites (N-methyl/N-ethyl adjacent to an activating group) is 1. The summed E-state index contributed by atoms with van der Waals surface area (Å²) in [5.41, 5.74) is 0.715. The minimum Gasteiger partial charge on any atom is -0.477 e. The van der Waals surface area contributed by atoms with Gasteiger partial charge in [0.2, 0.25) is 5.91 Å². The number of carboxylic acid groups (broad SMARTS) is 1. The Balaban J connectivity index is 1.80. The van der Waals surface area contributed by atoms with Crippen LogP contribution in [-0.4, -0.2) is 80.6 Å². The van der Waals surface area contributed by atoms with Gasteiger partial charge in [-0.25, -0.2) is 9.59 Å². The molecule has 0 aromatic heterocycles. The van der Waals surface area contributed by atoms with E-state index in [2.05, 4.69) is 10.6 Å². The van der Waals surface area contributed by atoms with E-state index in [1.807, 2.05) is 0 Å². The van der Waals surface area contributed by atoms with E-state index in [0.717, 1.165) is 9.80 Å². The molecule has 11 nitrogen and oxygen atoms in total. The minimum atomic E-state index is -1.34. The largest absolute Gasteiger partial charge is 0.477 e. The van der Waals surface area contributed by atoms with Gasteiger partial charge in [-0.15, -0.1) is 11.8 Å². The monoisotopic (exact) mass is 502 g/mol. The molecule has 2 unspecified atom stereocenters. The number of nitrogens with one attached hydrogen (secondary N) is 2. The van der Waals surface area contributed by atoms with E-state index in [-0.39, 0.29) is 17.0 Å². The molecular weight excluding hydrogens is 476 g/mol. The highest BCUT2D eigenvalue weighted by molar-refractivity contribution is 8.00. The summed E-state index contributed by atoms with van der Waals surface area (Å²) < 4.78 is 0. The molecule has 2 aliphatic heterocycles. The van der Waals surface area contributed by atoms with E-state index < -0.39 is 53.8 Å². The molecule has 0 saturated carbocycles. The fourth-order valence-corrected chi connectivity index (χ4v) is 5.02. The number of β-lactam (4-membered cyclic amide) rings is 1. The summed E-state index contributed by atoms with van der Waals surface area (Å²) in [5.74, 6) is -3.01. The first-order chi connectivity index (χ1) is 16.6. The van der Waals surface area contributed by atoms with Crippen LogP contribution < -0.4 is 10.6 Å². The van der Waals surface area contributed by atoms with E-state index >= 15 is 0 Å². The number of hydrogen-bond donors (Lipinski definition) is 4. The fraction of sp³-hybridized carbons (Fsp3) is 0.348. The molecule has 0 aliphatic carbocycles. The van der Waals surface area contributed by atoms with Crippen LogP contribution in [0.25, 0.3) is 0 Å². The summed E-state index contributed by atoms with van der Waals surface area (Å²) in [6.45, 7) is 2.73. The Morgan fingerprint density at radius 3 is 2.49 bits per heavy atom. The van der Waals surface area contributed by atoms with Crippen molar-refractivity contribution in [1.29, 1.82) is 0 Å². The van der Waals surface area contributed by atoms with Gasteiger partial charge in [0.15, 0.2) is 0 Å². The van der Waals surface area contributed by atoms with E-state index in [1.54, 1.807) is 50.3 Å². The van der Waals surface area contributed by atoms with Crippen LogP contribution in [0.2, 0.25) is 0 Å². The van der Waals surface area contributed by atoms with Crippen molar-refractivity contribution < 1.29 is 34.2 Å². The number of aliphatic hydroxyl groups is 1. The molecule has 3 rings (SSSR count). The highest BCUT2D eigenvalue weighted by Crippen LogP contribution is 2.40. The molecule has 1 aromatic rings. The van der Waals surface area contributed by atoms with Gasteiger partial charge < -0.3 is 20.8 Å². The average Bonchev–Trinajstić information content (AvgIpc) is 2.87. The molecule has 2 heterocycles. The van der Waals surface area contributed by atoms with Gasteiger partial charge in [0.05, 0.1) is 6.61 Å². The number of nitrogens with zero attached hydrogens (tertiary/aromatic N) is 2. The first-order valence-corrected chi connectivity index (χ1v) is 11.7. The van der Waals surface area contributed by atoms with Crippen molar-refractivity contribution in [3.63, 3.8) is 0 Å². The number of carbonyl (C=O) groups excluding carboxylic acids is 4. The maximum absolute atomic E-state index is 13.2. The number of aliphatic carboxylic acids is 1. The molecule has 1 fully saturated rings. The lowest BCUT2D eigenvalue weighted by atomic mass is 10.0. The van der Waals surface area contributed by atoms with Crippen LogP contribution >= 0.6 is 11.8 Å². The fourth-order valence-electron chi connectivity index (χ4n) is 3.69. The number of imide groups is 1. The number of allylic oxidation sites excluding steroid dienone is 1. The van der Waals surface area contributed by atoms with Crippen LogP contribution in [0, 0.1) is 0 Å². The third kappa shape index (κ3) is 5.08. The summed E-state index contributed by atoms with van der Waals surface area (Å²) in [7, 11) is 1.29. The molecule has 186 valence electrons. The number of rotatable bonds is 7. The van der Waals surface area contributed by atoms with Crippen LogP contribution in [0.3, 0.4) is 0 Å². The molecule has 1 aromatic carbocycles. The van der Waals surface area contributed by atoms with Crippen molar-refractivity contribution in [3.8, 4) is 0 Å². The average molecular weight is 503 g/mol. The molecule has 12 heteroatoms.